The molecule has 0 spiro atoms. The van der Waals surface area contributed by atoms with Crippen molar-refractivity contribution in [1.29, 1.82) is 0 Å². The number of aromatic nitrogens is 2. The highest BCUT2D eigenvalue weighted by Gasteiger charge is 2.12. The molecule has 28 heavy (non-hydrogen) atoms. The number of benzene rings is 2. The molecule has 0 aliphatic rings. The standard InChI is InChI=1S/C20H16ClFN2O4/c1-11-5-15(23-24-19(11)25)6-12-3-4-17(21)18(7-12)28-16-9-13(20(26)27-2)8-14(22)10-16/h3-5,7-10H,6H2,1-2H3,(H,24,25). The van der Waals surface area contributed by atoms with Gasteiger partial charge in [-0.2, -0.15) is 5.10 Å². The number of nitrogens with one attached hydrogen (secondary N) is 1. The van der Waals surface area contributed by atoms with Gasteiger partial charge in [-0.15, -0.1) is 0 Å². The van der Waals surface area contributed by atoms with Gasteiger partial charge in [-0.3, -0.25) is 4.79 Å². The molecule has 144 valence electrons. The quantitative estimate of drug-likeness (QED) is 0.651. The number of hydrogen-bond acceptors (Lipinski definition) is 5. The monoisotopic (exact) mass is 402 g/mol. The van der Waals surface area contributed by atoms with Crippen LogP contribution in [-0.4, -0.2) is 23.3 Å². The van der Waals surface area contributed by atoms with E-state index in [1.54, 1.807) is 31.2 Å². The van der Waals surface area contributed by atoms with Gasteiger partial charge in [0.1, 0.15) is 17.3 Å². The molecule has 0 saturated carbocycles. The molecule has 3 rings (SSSR count). The third-order valence-electron chi connectivity index (χ3n) is 3.94. The van der Waals surface area contributed by atoms with Gasteiger partial charge in [0.05, 0.1) is 23.4 Å². The number of carbonyl (C=O) groups is 1. The Morgan fingerprint density at radius 3 is 2.71 bits per heavy atom. The Kier molecular flexibility index (Phi) is 5.75. The fraction of sp³-hybridized carbons (Fsp3) is 0.150. The van der Waals surface area contributed by atoms with Crippen molar-refractivity contribution in [2.45, 2.75) is 13.3 Å². The minimum absolute atomic E-state index is 0.0256. The van der Waals surface area contributed by atoms with Crippen LogP contribution < -0.4 is 10.3 Å². The molecule has 0 atom stereocenters. The van der Waals surface area contributed by atoms with Gasteiger partial charge in [-0.05, 0) is 42.8 Å². The summed E-state index contributed by atoms with van der Waals surface area (Å²) in [5.74, 6) is -0.916. The Bertz CT molecular complexity index is 1100. The van der Waals surface area contributed by atoms with Crippen LogP contribution in [0.5, 0.6) is 11.5 Å². The number of methoxy groups -OCH3 is 1. The van der Waals surface area contributed by atoms with Gasteiger partial charge >= 0.3 is 5.97 Å². The number of H-pyrrole nitrogens is 1. The predicted molar refractivity (Wildman–Crippen MR) is 102 cm³/mol. The van der Waals surface area contributed by atoms with Gasteiger partial charge in [0.2, 0.25) is 0 Å². The van der Waals surface area contributed by atoms with E-state index in [0.717, 1.165) is 17.7 Å². The van der Waals surface area contributed by atoms with E-state index < -0.39 is 11.8 Å². The van der Waals surface area contributed by atoms with Crippen molar-refractivity contribution in [2.24, 2.45) is 0 Å². The van der Waals surface area contributed by atoms with Crippen LogP contribution in [0, 0.1) is 12.7 Å². The lowest BCUT2D eigenvalue weighted by Gasteiger charge is -2.11. The first kappa shape index (κ1) is 19.6. The Hall–Kier alpha value is -3.19. The number of ether oxygens (including phenoxy) is 2. The van der Waals surface area contributed by atoms with Crippen LogP contribution in [0.25, 0.3) is 0 Å². The predicted octanol–water partition coefficient (Wildman–Crippen LogP) is 4.04. The molecule has 0 aliphatic carbocycles. The maximum Gasteiger partial charge on any atom is 0.338 e. The van der Waals surface area contributed by atoms with Gasteiger partial charge < -0.3 is 9.47 Å². The Balaban J connectivity index is 1.88. The van der Waals surface area contributed by atoms with Crippen LogP contribution in [0.2, 0.25) is 5.02 Å². The minimum Gasteiger partial charge on any atom is -0.465 e. The Labute approximate surface area is 164 Å². The fourth-order valence-electron chi connectivity index (χ4n) is 2.58. The zero-order valence-corrected chi connectivity index (χ0v) is 15.8. The smallest absolute Gasteiger partial charge is 0.338 e. The van der Waals surface area contributed by atoms with E-state index in [2.05, 4.69) is 14.9 Å². The molecular formula is C20H16ClFN2O4. The molecule has 0 amide bonds. The summed E-state index contributed by atoms with van der Waals surface area (Å²) in [6.07, 6.45) is 0.432. The lowest BCUT2D eigenvalue weighted by molar-refractivity contribution is 0.0600. The third kappa shape index (κ3) is 4.55. The molecule has 1 N–H and O–H groups in total. The van der Waals surface area contributed by atoms with Gasteiger partial charge in [-0.1, -0.05) is 17.7 Å². The fourth-order valence-corrected chi connectivity index (χ4v) is 2.73. The maximum atomic E-state index is 13.8. The van der Waals surface area contributed by atoms with E-state index in [9.17, 15) is 14.0 Å². The molecule has 0 bridgehead atoms. The zero-order valence-electron chi connectivity index (χ0n) is 15.1. The molecule has 0 unspecified atom stereocenters. The second kappa shape index (κ2) is 8.22. The second-order valence-corrected chi connectivity index (χ2v) is 6.49. The average Bonchev–Trinajstić information content (AvgIpc) is 2.66. The zero-order chi connectivity index (χ0) is 20.3. The first-order valence-electron chi connectivity index (χ1n) is 8.26. The number of aromatic amines is 1. The highest BCUT2D eigenvalue weighted by molar-refractivity contribution is 6.32. The number of aryl methyl sites for hydroxylation is 1. The van der Waals surface area contributed by atoms with E-state index in [1.807, 2.05) is 0 Å². The second-order valence-electron chi connectivity index (χ2n) is 6.08. The van der Waals surface area contributed by atoms with Crippen molar-refractivity contribution in [1.82, 2.24) is 10.2 Å². The summed E-state index contributed by atoms with van der Waals surface area (Å²) in [6, 6.07) is 10.4. The van der Waals surface area contributed by atoms with Gasteiger partial charge in [0.15, 0.2) is 0 Å². The van der Waals surface area contributed by atoms with Crippen molar-refractivity contribution < 1.29 is 18.7 Å². The minimum atomic E-state index is -0.677. The normalized spacial score (nSPS) is 10.6. The third-order valence-corrected chi connectivity index (χ3v) is 4.26. The Morgan fingerprint density at radius 1 is 1.21 bits per heavy atom. The van der Waals surface area contributed by atoms with E-state index in [0.29, 0.717) is 28.5 Å². The van der Waals surface area contributed by atoms with Crippen LogP contribution >= 0.6 is 11.6 Å². The van der Waals surface area contributed by atoms with Crippen molar-refractivity contribution in [2.75, 3.05) is 7.11 Å². The molecule has 1 aromatic heterocycles. The summed E-state index contributed by atoms with van der Waals surface area (Å²) < 4.78 is 24.1. The molecule has 6 nitrogen and oxygen atoms in total. The summed E-state index contributed by atoms with van der Waals surface area (Å²) in [5.41, 5.74) is 1.84. The molecule has 1 heterocycles. The summed E-state index contributed by atoms with van der Waals surface area (Å²) in [6.45, 7) is 1.70. The maximum absolute atomic E-state index is 13.8. The molecule has 0 fully saturated rings. The number of carbonyl (C=O) groups excluding carboxylic acids is 1. The Morgan fingerprint density at radius 2 is 2.00 bits per heavy atom. The lowest BCUT2D eigenvalue weighted by Crippen LogP contribution is -2.12. The molecule has 3 aromatic rings. The van der Waals surface area contributed by atoms with Crippen LogP contribution in [0.3, 0.4) is 0 Å². The number of hydrogen-bond donors (Lipinski definition) is 1. The van der Waals surface area contributed by atoms with Crippen molar-refractivity contribution in [3.63, 3.8) is 0 Å². The number of nitrogens with zero attached hydrogens (tertiary/aromatic N) is 1. The van der Waals surface area contributed by atoms with Crippen LogP contribution in [0.15, 0.2) is 47.3 Å². The largest absolute Gasteiger partial charge is 0.465 e. The summed E-state index contributed by atoms with van der Waals surface area (Å²) in [5, 5.41) is 6.76. The summed E-state index contributed by atoms with van der Waals surface area (Å²) >= 11 is 6.19. The van der Waals surface area contributed by atoms with Crippen LogP contribution in [0.4, 0.5) is 4.39 Å². The van der Waals surface area contributed by atoms with E-state index in [1.165, 1.54) is 13.2 Å². The SMILES string of the molecule is COC(=O)c1cc(F)cc(Oc2cc(Cc3cc(C)c(=O)[nH]n3)ccc2Cl)c1. The van der Waals surface area contributed by atoms with Crippen molar-refractivity contribution in [3.8, 4) is 11.5 Å². The molecule has 8 heteroatoms. The molecule has 0 radical (unpaired) electrons. The van der Waals surface area contributed by atoms with E-state index >= 15 is 0 Å². The topological polar surface area (TPSA) is 81.3 Å². The highest BCUT2D eigenvalue weighted by Crippen LogP contribution is 2.32. The first-order valence-corrected chi connectivity index (χ1v) is 8.64. The molecular weight excluding hydrogens is 387 g/mol. The lowest BCUT2D eigenvalue weighted by atomic mass is 10.1. The molecule has 2 aromatic carbocycles. The highest BCUT2D eigenvalue weighted by atomic mass is 35.5. The van der Waals surface area contributed by atoms with E-state index in [-0.39, 0.29) is 16.9 Å². The van der Waals surface area contributed by atoms with Gasteiger partial charge in [-0.25, -0.2) is 14.3 Å². The van der Waals surface area contributed by atoms with E-state index in [4.69, 9.17) is 16.3 Å². The summed E-state index contributed by atoms with van der Waals surface area (Å²) in [7, 11) is 1.21. The van der Waals surface area contributed by atoms with Crippen LogP contribution in [-0.2, 0) is 11.2 Å². The summed E-state index contributed by atoms with van der Waals surface area (Å²) in [4.78, 5) is 23.1. The first-order chi connectivity index (χ1) is 13.4. The van der Waals surface area contributed by atoms with Gasteiger partial charge in [0.25, 0.3) is 5.56 Å². The average molecular weight is 403 g/mol. The number of halogens is 2. The molecule has 0 saturated heterocycles. The molecule has 0 aliphatic heterocycles. The van der Waals surface area contributed by atoms with Crippen LogP contribution in [0.1, 0.15) is 27.2 Å². The number of esters is 1. The van der Waals surface area contributed by atoms with Gasteiger partial charge in [0, 0.05) is 18.1 Å². The van der Waals surface area contributed by atoms with Crippen molar-refractivity contribution >= 4 is 17.6 Å². The number of rotatable bonds is 5. The van der Waals surface area contributed by atoms with Crippen molar-refractivity contribution in [3.05, 3.63) is 86.0 Å².